The van der Waals surface area contributed by atoms with E-state index in [1.54, 1.807) is 110 Å². The molecule has 0 radical (unpaired) electrons. The van der Waals surface area contributed by atoms with Crippen LogP contribution in [-0.4, -0.2) is 134 Å². The number of hydrogen-bond donors (Lipinski definition) is 4. The van der Waals surface area contributed by atoms with Crippen LogP contribution in [-0.2, 0) is 50.1 Å². The zero-order chi connectivity index (χ0) is 93.1. The summed E-state index contributed by atoms with van der Waals surface area (Å²) in [4.78, 5) is 61.2. The van der Waals surface area contributed by atoms with Gasteiger partial charge in [0.25, 0.3) is 27.7 Å². The van der Waals surface area contributed by atoms with Gasteiger partial charge in [0.15, 0.2) is 0 Å². The molecule has 4 N–H and O–H groups in total. The summed E-state index contributed by atoms with van der Waals surface area (Å²) in [5.74, 6) is -0.191. The first-order chi connectivity index (χ1) is 64.8. The predicted octanol–water partition coefficient (Wildman–Crippen LogP) is 19.6. The van der Waals surface area contributed by atoms with E-state index in [0.29, 0.717) is 114 Å². The monoisotopic (exact) mass is 1880 g/mol. The molecule has 0 aliphatic carbocycles. The second-order valence-electron chi connectivity index (χ2n) is 32.6. The lowest BCUT2D eigenvalue weighted by Crippen LogP contribution is -2.37. The first kappa shape index (κ1) is 91.3. The number of hydrogen-bond acceptors (Lipinski definition) is 18. The van der Waals surface area contributed by atoms with Crippen LogP contribution in [0.1, 0.15) is 88.0 Å². The zero-order valence-corrected chi connectivity index (χ0v) is 76.9. The van der Waals surface area contributed by atoms with Gasteiger partial charge in [0.05, 0.1) is 84.5 Å². The van der Waals surface area contributed by atoms with E-state index in [1.165, 1.54) is 41.5 Å². The Bertz CT molecular complexity index is 7500. The van der Waals surface area contributed by atoms with Crippen LogP contribution < -0.4 is 37.9 Å². The van der Waals surface area contributed by atoms with Crippen LogP contribution in [0, 0.1) is 6.92 Å². The van der Waals surface area contributed by atoms with Gasteiger partial charge in [0, 0.05) is 134 Å². The van der Waals surface area contributed by atoms with Gasteiger partial charge in [-0.3, -0.25) is 56.3 Å². The number of nitrogens with zero attached hydrogens (tertiary/aromatic N) is 9. The highest BCUT2D eigenvalue weighted by atomic mass is 32.2. The number of fused-ring (bicyclic) bond motifs is 4. The Morgan fingerprint density at radius 2 is 0.701 bits per heavy atom. The maximum atomic E-state index is 13.1. The molecule has 4 aliphatic rings. The number of amides is 3. The van der Waals surface area contributed by atoms with Crippen molar-refractivity contribution in [3.63, 3.8) is 0 Å². The topological polar surface area (TPSA) is 347 Å². The molecule has 0 saturated carbocycles. The molecule has 4 aliphatic heterocycles. The Morgan fingerprint density at radius 3 is 1.16 bits per heavy atom. The maximum absolute atomic E-state index is 13.1. The quantitative estimate of drug-likeness (QED) is 0.0658. The lowest BCUT2D eigenvalue weighted by molar-refractivity contribution is 0.101. The van der Waals surface area contributed by atoms with Crippen molar-refractivity contribution in [1.82, 2.24) is 24.9 Å². The molecule has 3 amide bonds. The van der Waals surface area contributed by atoms with Gasteiger partial charge in [-0.05, 0) is 263 Å². The summed E-state index contributed by atoms with van der Waals surface area (Å²) in [6.45, 7) is 3.79. The van der Waals surface area contributed by atoms with Gasteiger partial charge >= 0.3 is 0 Å². The van der Waals surface area contributed by atoms with Crippen molar-refractivity contribution in [3.8, 4) is 45.0 Å². The van der Waals surface area contributed by atoms with E-state index < -0.39 is 50.1 Å². The van der Waals surface area contributed by atoms with E-state index in [9.17, 15) is 56.5 Å². The molecule has 0 unspecified atom stereocenters. The summed E-state index contributed by atoms with van der Waals surface area (Å²) in [6, 6.07) is 91.6. The minimum atomic E-state index is -3.88. The molecule has 5 aromatic heterocycles. The predicted molar refractivity (Wildman–Crippen MR) is 533 cm³/mol. The third-order valence-electron chi connectivity index (χ3n) is 23.5. The van der Waals surface area contributed by atoms with Crippen molar-refractivity contribution < 1.29 is 56.5 Å². The summed E-state index contributed by atoms with van der Waals surface area (Å²) in [5.41, 5.74) is 15.6. The van der Waals surface area contributed by atoms with Crippen LogP contribution in [0.25, 0.3) is 88.4 Å². The van der Waals surface area contributed by atoms with Gasteiger partial charge in [0.1, 0.15) is 0 Å². The van der Waals surface area contributed by atoms with E-state index in [4.69, 9.17) is 4.98 Å². The second-order valence-corrected chi connectivity index (χ2v) is 42.4. The molecule has 4 fully saturated rings. The molecule has 9 heterocycles. The van der Waals surface area contributed by atoms with Crippen LogP contribution in [0.2, 0.25) is 0 Å². The molecule has 0 spiro atoms. The number of carbonyl (C=O) groups excluding carboxylic acids is 3. The number of carbonyl (C=O) groups is 3. The Labute approximate surface area is 778 Å². The molecule has 31 heteroatoms. The largest absolute Gasteiger partial charge is 0.322 e. The Morgan fingerprint density at radius 1 is 0.313 bits per heavy atom. The van der Waals surface area contributed by atoms with Gasteiger partial charge in [-0.15, -0.1) is 0 Å². The van der Waals surface area contributed by atoms with Gasteiger partial charge in [0.2, 0.25) is 40.1 Å². The summed E-state index contributed by atoms with van der Waals surface area (Å²) in [7, 11) is -17.1. The van der Waals surface area contributed by atoms with E-state index >= 15 is 0 Å². The molecular weight excluding hydrogens is 1790 g/mol. The van der Waals surface area contributed by atoms with Crippen molar-refractivity contribution in [2.75, 3.05) is 87.1 Å². The summed E-state index contributed by atoms with van der Waals surface area (Å²) in [6.07, 6.45) is 13.0. The van der Waals surface area contributed by atoms with Crippen molar-refractivity contribution in [1.29, 1.82) is 0 Å². The minimum Gasteiger partial charge on any atom is -0.322 e. The fourth-order valence-electron chi connectivity index (χ4n) is 16.6. The zero-order valence-electron chi connectivity index (χ0n) is 72.9. The molecule has 678 valence electrons. The normalized spacial score (nSPS) is 15.4. The van der Waals surface area contributed by atoms with Gasteiger partial charge in [-0.25, -0.2) is 47.1 Å². The minimum absolute atomic E-state index is 0.0565. The molecule has 11 aromatic carbocycles. The fraction of sp³-hybridized carbons (Fsp3) is 0.165. The van der Waals surface area contributed by atoms with Gasteiger partial charge < -0.3 is 16.0 Å². The second kappa shape index (κ2) is 39.8. The molecule has 4 saturated heterocycles. The molecule has 16 aromatic rings. The lowest BCUT2D eigenvalue weighted by Gasteiger charge is -2.28. The number of rotatable bonds is 17. The number of sulfonamides is 5. The standard InChI is InChI=1S/C26H25N3O4S2.2C26H23N3O3S.C25H22N4O3S/c1-19-8-9-21(18-25(19)26-24-7-3-2-6-20(24)14-15-27-26)28-35(32,33)23-12-10-22(11-13-23)29-16-4-5-17-34(29,30)31;30-26(20-10-13-23(14-11-20)29-16-3-4-17-33(29,31)32)27-22-8-5-7-21(18-22)25-15-12-19-6-1-2-9-24(19)28-25;30-26(20-10-12-23(13-11-20)29-16-3-4-17-33(29,31)32)28-22-8-5-7-21(18-22)25-24-9-2-1-6-19(24)14-15-27-25;30-25(18-8-10-21(11-9-18)29-15-1-2-16-33(29,31)32)28-20-6-3-5-19(17-20)24-22-7-4-13-26-23(22)12-14-27-24/h2-3,6-15,18,28H,4-5,16-17H2,1H3;1-2,5-15,18H,3-4,16-17H2,(H,27,30);1-2,5-15,18H,3-4,16-17H2,(H,28,30);3-14,17H,1-2,15-16H2,(H,28,30). The average Bonchev–Trinajstić information content (AvgIpc) is 0.765. The smallest absolute Gasteiger partial charge is 0.261 e. The summed E-state index contributed by atoms with van der Waals surface area (Å²) in [5, 5.41) is 15.0. The van der Waals surface area contributed by atoms with Gasteiger partial charge in [-0.1, -0.05) is 115 Å². The highest BCUT2D eigenvalue weighted by Crippen LogP contribution is 2.37. The highest BCUT2D eigenvalue weighted by Gasteiger charge is 2.31. The van der Waals surface area contributed by atoms with Crippen molar-refractivity contribution >= 4 is 157 Å². The van der Waals surface area contributed by atoms with Crippen LogP contribution >= 0.6 is 0 Å². The average molecular weight is 1880 g/mol. The number of aryl methyl sites for hydroxylation is 1. The van der Waals surface area contributed by atoms with Crippen molar-refractivity contribution in [3.05, 3.63) is 350 Å². The summed E-state index contributed by atoms with van der Waals surface area (Å²) < 4.78 is 133. The molecule has 134 heavy (non-hydrogen) atoms. The fourth-order valence-corrected chi connectivity index (χ4v) is 24.2. The van der Waals surface area contributed by atoms with E-state index in [2.05, 4.69) is 40.6 Å². The number of benzene rings is 11. The summed E-state index contributed by atoms with van der Waals surface area (Å²) >= 11 is 0. The SMILES string of the molecule is Cc1ccc(NS(=O)(=O)c2ccc(N3CCCCS3(=O)=O)cc2)cc1-c1nccc2ccccc12.O=C(Nc1cccc(-c2ccc3ccccc3n2)c1)c1ccc(N2CCCCS2(=O)=O)cc1.O=C(Nc1cccc(-c2nccc3ccccc23)c1)c1ccc(N2CCCCS2(=O)=O)cc1.O=C(Nc1cccc(-c2nccc3ncccc23)c1)c1ccc(N2CCCCS2(=O)=O)cc1. The molecule has 0 atom stereocenters. The third kappa shape index (κ3) is 21.1. The van der Waals surface area contributed by atoms with Crippen molar-refractivity contribution in [2.24, 2.45) is 0 Å². The molecule has 0 bridgehead atoms. The first-order valence-electron chi connectivity index (χ1n) is 43.8. The van der Waals surface area contributed by atoms with E-state index in [-0.39, 0.29) is 45.6 Å². The molecule has 26 nitrogen and oxygen atoms in total. The highest BCUT2D eigenvalue weighted by molar-refractivity contribution is 7.94. The third-order valence-corrected chi connectivity index (χ3v) is 32.4. The van der Waals surface area contributed by atoms with Crippen LogP contribution in [0.3, 0.4) is 0 Å². The maximum Gasteiger partial charge on any atom is 0.261 e. The molecular formula is C103H93N13O13S5. The lowest BCUT2D eigenvalue weighted by atomic mass is 10.00. The number of pyridine rings is 5. The van der Waals surface area contributed by atoms with Gasteiger partial charge in [-0.2, -0.15) is 0 Å². The number of para-hydroxylation sites is 1. The van der Waals surface area contributed by atoms with Crippen LogP contribution in [0.5, 0.6) is 0 Å². The van der Waals surface area contributed by atoms with Crippen LogP contribution in [0.15, 0.2) is 333 Å². The Kier molecular flexibility index (Phi) is 27.1. The van der Waals surface area contributed by atoms with Crippen molar-refractivity contribution in [2.45, 2.75) is 63.2 Å². The number of aromatic nitrogens is 5. The Hall–Kier alpha value is -14.6. The molecule has 20 rings (SSSR count). The van der Waals surface area contributed by atoms with E-state index in [1.807, 2.05) is 201 Å². The first-order valence-corrected chi connectivity index (χ1v) is 51.7. The number of anilines is 8. The Balaban J connectivity index is 0.000000124. The number of nitrogens with one attached hydrogen (secondary N) is 4. The van der Waals surface area contributed by atoms with E-state index in [0.717, 1.165) is 120 Å². The van der Waals surface area contributed by atoms with Crippen LogP contribution in [0.4, 0.5) is 45.5 Å².